The van der Waals surface area contributed by atoms with Crippen molar-refractivity contribution in [3.63, 3.8) is 0 Å². The Morgan fingerprint density at radius 1 is 0.967 bits per heavy atom. The maximum Gasteiger partial charge on any atom is 0.573 e. The van der Waals surface area contributed by atoms with Crippen molar-refractivity contribution in [1.82, 2.24) is 0 Å². The third kappa shape index (κ3) is 5.41. The zero-order valence-corrected chi connectivity index (χ0v) is 16.1. The third-order valence-electron chi connectivity index (χ3n) is 4.04. The first-order chi connectivity index (χ1) is 14.0. The van der Waals surface area contributed by atoms with Gasteiger partial charge < -0.3 is 15.4 Å². The summed E-state index contributed by atoms with van der Waals surface area (Å²) in [4.78, 5) is 24.1. The standard InChI is InChI=1S/C18H16F3N3O5S/c19-18(20,21)29-15-7-5-12(6-8-15)22-16(25)17(26)23-13-3-1-4-14(11-13)24-9-2-10-30(24,27)28/h1,3-8,11H,2,9-10H2,(H,22,25)(H,23,26). The minimum Gasteiger partial charge on any atom is -0.406 e. The quantitative estimate of drug-likeness (QED) is 0.707. The molecule has 0 atom stereocenters. The molecular weight excluding hydrogens is 427 g/mol. The fourth-order valence-corrected chi connectivity index (χ4v) is 4.34. The van der Waals surface area contributed by atoms with Crippen molar-refractivity contribution < 1.29 is 35.9 Å². The Kier molecular flexibility index (Phi) is 5.87. The number of benzene rings is 2. The van der Waals surface area contributed by atoms with E-state index in [1.54, 1.807) is 6.07 Å². The van der Waals surface area contributed by atoms with Crippen LogP contribution in [0.15, 0.2) is 48.5 Å². The molecule has 1 saturated heterocycles. The van der Waals surface area contributed by atoms with Crippen LogP contribution in [0.4, 0.5) is 30.2 Å². The van der Waals surface area contributed by atoms with E-state index in [4.69, 9.17) is 0 Å². The van der Waals surface area contributed by atoms with Gasteiger partial charge in [0.15, 0.2) is 0 Å². The van der Waals surface area contributed by atoms with Gasteiger partial charge in [-0.2, -0.15) is 0 Å². The summed E-state index contributed by atoms with van der Waals surface area (Å²) in [5.74, 6) is -2.52. The number of rotatable bonds is 4. The second-order valence-corrected chi connectivity index (χ2v) is 8.29. The minimum absolute atomic E-state index is 0.0405. The van der Waals surface area contributed by atoms with Gasteiger partial charge in [-0.25, -0.2) is 8.42 Å². The molecule has 2 amide bonds. The Balaban J connectivity index is 1.62. The molecule has 3 rings (SSSR count). The number of carbonyl (C=O) groups excluding carboxylic acids is 2. The fraction of sp³-hybridized carbons (Fsp3) is 0.222. The summed E-state index contributed by atoms with van der Waals surface area (Å²) in [5.41, 5.74) is 0.663. The topological polar surface area (TPSA) is 105 Å². The van der Waals surface area contributed by atoms with Crippen molar-refractivity contribution in [2.75, 3.05) is 27.2 Å². The molecule has 0 aliphatic carbocycles. The summed E-state index contributed by atoms with van der Waals surface area (Å²) in [6.45, 7) is 0.328. The van der Waals surface area contributed by atoms with Crippen molar-refractivity contribution in [3.8, 4) is 5.75 Å². The Hall–Kier alpha value is -3.28. The molecule has 0 bridgehead atoms. The average molecular weight is 443 g/mol. The van der Waals surface area contributed by atoms with Gasteiger partial charge in [-0.05, 0) is 48.9 Å². The molecule has 0 aromatic heterocycles. The number of sulfonamides is 1. The van der Waals surface area contributed by atoms with Crippen LogP contribution in [0.25, 0.3) is 0 Å². The lowest BCUT2D eigenvalue weighted by atomic mass is 10.2. The van der Waals surface area contributed by atoms with E-state index in [0.717, 1.165) is 24.3 Å². The molecule has 8 nitrogen and oxygen atoms in total. The Bertz CT molecular complexity index is 1060. The summed E-state index contributed by atoms with van der Waals surface area (Å²) < 4.78 is 65.4. The second-order valence-electron chi connectivity index (χ2n) is 6.27. The van der Waals surface area contributed by atoms with Crippen LogP contribution in [0.2, 0.25) is 0 Å². The van der Waals surface area contributed by atoms with Gasteiger partial charge in [0.05, 0.1) is 11.4 Å². The first kappa shape index (κ1) is 21.4. The van der Waals surface area contributed by atoms with Crippen molar-refractivity contribution in [3.05, 3.63) is 48.5 Å². The Labute approximate surface area is 169 Å². The Morgan fingerprint density at radius 2 is 1.60 bits per heavy atom. The predicted molar refractivity (Wildman–Crippen MR) is 103 cm³/mol. The van der Waals surface area contributed by atoms with Crippen LogP contribution in [-0.4, -0.2) is 38.9 Å². The molecule has 0 spiro atoms. The number of nitrogens with one attached hydrogen (secondary N) is 2. The molecule has 1 aliphatic heterocycles. The average Bonchev–Trinajstić information content (AvgIpc) is 3.01. The molecule has 1 fully saturated rings. The van der Waals surface area contributed by atoms with Gasteiger partial charge in [0, 0.05) is 17.9 Å². The molecule has 0 saturated carbocycles. The number of hydrogen-bond acceptors (Lipinski definition) is 5. The number of anilines is 3. The summed E-state index contributed by atoms with van der Waals surface area (Å²) in [5, 5.41) is 4.59. The lowest BCUT2D eigenvalue weighted by Crippen LogP contribution is -2.29. The highest BCUT2D eigenvalue weighted by Crippen LogP contribution is 2.27. The van der Waals surface area contributed by atoms with Crippen molar-refractivity contribution in [2.45, 2.75) is 12.8 Å². The number of ether oxygens (including phenoxy) is 1. The van der Waals surface area contributed by atoms with Crippen LogP contribution in [0.5, 0.6) is 5.75 Å². The van der Waals surface area contributed by atoms with Crippen molar-refractivity contribution in [1.29, 1.82) is 0 Å². The van der Waals surface area contributed by atoms with Crippen LogP contribution in [-0.2, 0) is 19.6 Å². The SMILES string of the molecule is O=C(Nc1ccc(OC(F)(F)F)cc1)C(=O)Nc1cccc(N2CCCS2(=O)=O)c1. The number of carbonyl (C=O) groups is 2. The third-order valence-corrected chi connectivity index (χ3v) is 5.91. The van der Waals surface area contributed by atoms with E-state index >= 15 is 0 Å². The fourth-order valence-electron chi connectivity index (χ4n) is 2.78. The highest BCUT2D eigenvalue weighted by Gasteiger charge is 2.31. The van der Waals surface area contributed by atoms with Gasteiger partial charge in [-0.1, -0.05) is 6.07 Å². The molecule has 12 heteroatoms. The predicted octanol–water partition coefficient (Wildman–Crippen LogP) is 2.70. The van der Waals surface area contributed by atoms with Crippen LogP contribution in [0, 0.1) is 0 Å². The summed E-state index contributed by atoms with van der Waals surface area (Å²) in [7, 11) is -3.40. The molecule has 2 aromatic carbocycles. The molecule has 160 valence electrons. The van der Waals surface area contributed by atoms with Gasteiger partial charge in [0.1, 0.15) is 5.75 Å². The summed E-state index contributed by atoms with van der Waals surface area (Å²) >= 11 is 0. The van der Waals surface area contributed by atoms with Gasteiger partial charge in [0.25, 0.3) is 0 Å². The normalized spacial score (nSPS) is 15.5. The highest BCUT2D eigenvalue weighted by molar-refractivity contribution is 7.93. The molecule has 30 heavy (non-hydrogen) atoms. The molecule has 1 aliphatic rings. The second kappa shape index (κ2) is 8.22. The molecule has 2 aromatic rings. The van der Waals surface area contributed by atoms with Gasteiger partial charge in [-0.3, -0.25) is 13.9 Å². The Morgan fingerprint density at radius 3 is 2.17 bits per heavy atom. The van der Waals surface area contributed by atoms with Crippen LogP contribution in [0.3, 0.4) is 0 Å². The maximum absolute atomic E-state index is 12.2. The van der Waals surface area contributed by atoms with E-state index in [9.17, 15) is 31.2 Å². The van der Waals surface area contributed by atoms with Crippen LogP contribution < -0.4 is 19.7 Å². The van der Waals surface area contributed by atoms with E-state index in [-0.39, 0.29) is 17.1 Å². The number of halogens is 3. The van der Waals surface area contributed by atoms with Crippen molar-refractivity contribution >= 4 is 38.9 Å². The lowest BCUT2D eigenvalue weighted by Gasteiger charge is -2.17. The monoisotopic (exact) mass is 443 g/mol. The van der Waals surface area contributed by atoms with E-state index in [2.05, 4.69) is 15.4 Å². The van der Waals surface area contributed by atoms with E-state index < -0.39 is 33.9 Å². The van der Waals surface area contributed by atoms with E-state index in [1.807, 2.05) is 0 Å². The minimum atomic E-state index is -4.84. The van der Waals surface area contributed by atoms with E-state index in [1.165, 1.54) is 22.5 Å². The van der Waals surface area contributed by atoms with Gasteiger partial charge >= 0.3 is 18.2 Å². The smallest absolute Gasteiger partial charge is 0.406 e. The molecule has 1 heterocycles. The number of hydrogen-bond donors (Lipinski definition) is 2. The molecular formula is C18H16F3N3O5S. The molecule has 0 radical (unpaired) electrons. The van der Waals surface area contributed by atoms with Crippen molar-refractivity contribution in [2.24, 2.45) is 0 Å². The van der Waals surface area contributed by atoms with E-state index in [0.29, 0.717) is 18.7 Å². The summed E-state index contributed by atoms with van der Waals surface area (Å²) in [6.07, 6.45) is -4.35. The maximum atomic E-state index is 12.2. The lowest BCUT2D eigenvalue weighted by molar-refractivity contribution is -0.274. The first-order valence-corrected chi connectivity index (χ1v) is 10.2. The molecule has 0 unspecified atom stereocenters. The zero-order valence-electron chi connectivity index (χ0n) is 15.3. The molecule has 2 N–H and O–H groups in total. The van der Waals surface area contributed by atoms with Gasteiger partial charge in [0.2, 0.25) is 10.0 Å². The number of nitrogens with zero attached hydrogens (tertiary/aromatic N) is 1. The van der Waals surface area contributed by atoms with Crippen LogP contribution in [0.1, 0.15) is 6.42 Å². The number of amides is 2. The summed E-state index contributed by atoms with van der Waals surface area (Å²) in [6, 6.07) is 10.3. The van der Waals surface area contributed by atoms with Gasteiger partial charge in [-0.15, -0.1) is 13.2 Å². The first-order valence-electron chi connectivity index (χ1n) is 8.62. The highest BCUT2D eigenvalue weighted by atomic mass is 32.2. The van der Waals surface area contributed by atoms with Crippen LogP contribution >= 0.6 is 0 Å². The zero-order chi connectivity index (χ0) is 21.9. The number of alkyl halides is 3. The largest absolute Gasteiger partial charge is 0.573 e.